The number of amides is 1. The van der Waals surface area contributed by atoms with Crippen LogP contribution >= 0.6 is 0 Å². The van der Waals surface area contributed by atoms with Crippen molar-refractivity contribution in [1.29, 1.82) is 0 Å². The van der Waals surface area contributed by atoms with E-state index in [0.717, 1.165) is 24.0 Å². The van der Waals surface area contributed by atoms with Crippen molar-refractivity contribution in [3.63, 3.8) is 0 Å². The molecule has 0 unspecified atom stereocenters. The fourth-order valence-electron chi connectivity index (χ4n) is 4.12. The van der Waals surface area contributed by atoms with Gasteiger partial charge in [-0.1, -0.05) is 30.7 Å². The number of pyridine rings is 1. The number of nitro groups is 1. The van der Waals surface area contributed by atoms with Gasteiger partial charge in [0.2, 0.25) is 6.29 Å². The molecule has 1 amide bonds. The Labute approximate surface area is 203 Å². The van der Waals surface area contributed by atoms with Crippen LogP contribution in [0.1, 0.15) is 36.8 Å². The summed E-state index contributed by atoms with van der Waals surface area (Å²) in [6, 6.07) is 10.4. The third-order valence-corrected chi connectivity index (χ3v) is 6.38. The molecule has 1 aliphatic carbocycles. The molecule has 2 heterocycles. The van der Waals surface area contributed by atoms with Gasteiger partial charge in [0.1, 0.15) is 12.0 Å². The third kappa shape index (κ3) is 6.77. The van der Waals surface area contributed by atoms with Crippen LogP contribution in [0.5, 0.6) is 0 Å². The van der Waals surface area contributed by atoms with Crippen molar-refractivity contribution in [1.82, 2.24) is 10.3 Å². The molecule has 35 heavy (non-hydrogen) atoms. The molecule has 1 aromatic heterocycles. The molecule has 1 saturated carbocycles. The summed E-state index contributed by atoms with van der Waals surface area (Å²) in [5.74, 6) is 1.26. The highest BCUT2D eigenvalue weighted by Gasteiger charge is 2.34. The zero-order chi connectivity index (χ0) is 24.6. The number of anilines is 1. The number of ether oxygens (including phenoxy) is 2. The number of allylic oxidation sites excluding steroid dienone is 1. The van der Waals surface area contributed by atoms with E-state index in [1.807, 2.05) is 30.3 Å². The maximum atomic E-state index is 12.8. The van der Waals surface area contributed by atoms with Gasteiger partial charge in [-0.2, -0.15) is 0 Å². The van der Waals surface area contributed by atoms with Crippen molar-refractivity contribution in [3.05, 3.63) is 75.7 Å². The van der Waals surface area contributed by atoms with Gasteiger partial charge in [0.25, 0.3) is 11.6 Å². The lowest BCUT2D eigenvalue weighted by atomic mass is 9.73. The van der Waals surface area contributed by atoms with Crippen LogP contribution < -0.4 is 10.6 Å². The molecule has 1 aromatic carbocycles. The van der Waals surface area contributed by atoms with E-state index in [0.29, 0.717) is 37.9 Å². The van der Waals surface area contributed by atoms with E-state index in [4.69, 9.17) is 9.47 Å². The Hall–Kier alpha value is -3.50. The van der Waals surface area contributed by atoms with E-state index in [-0.39, 0.29) is 29.9 Å². The number of hydrogen-bond donors (Lipinski definition) is 3. The maximum Gasteiger partial charge on any atom is 0.287 e. The number of nitrogens with one attached hydrogen (secondary N) is 2. The van der Waals surface area contributed by atoms with Crippen molar-refractivity contribution in [2.24, 2.45) is 11.8 Å². The highest BCUT2D eigenvalue weighted by atomic mass is 16.7. The number of hydrogen-bond acceptors (Lipinski definition) is 8. The minimum Gasteiger partial charge on any atom is -0.459 e. The topological polar surface area (TPSA) is 136 Å². The van der Waals surface area contributed by atoms with Gasteiger partial charge in [0.05, 0.1) is 18.1 Å². The SMILES string of the molecule is O=C(NCCNc1ccc([N+](=O)[O-])cn1)C1=C[C@H](C2CCC2)C[C@H](OCc2ccc(CO)cc2)O1. The minimum absolute atomic E-state index is 0.000876. The van der Waals surface area contributed by atoms with Crippen molar-refractivity contribution in [2.75, 3.05) is 18.4 Å². The molecule has 0 saturated heterocycles. The number of aliphatic hydroxyl groups is 1. The average molecular weight is 483 g/mol. The van der Waals surface area contributed by atoms with Crippen molar-refractivity contribution < 1.29 is 24.3 Å². The molecule has 10 heteroatoms. The number of carbonyl (C=O) groups excluding carboxylic acids is 1. The normalized spacial score (nSPS) is 19.7. The summed E-state index contributed by atoms with van der Waals surface area (Å²) >= 11 is 0. The van der Waals surface area contributed by atoms with E-state index >= 15 is 0 Å². The predicted molar refractivity (Wildman–Crippen MR) is 128 cm³/mol. The molecule has 3 N–H and O–H groups in total. The summed E-state index contributed by atoms with van der Waals surface area (Å²) in [5, 5.41) is 25.8. The van der Waals surface area contributed by atoms with Crippen molar-refractivity contribution in [2.45, 2.75) is 45.2 Å². The first kappa shape index (κ1) is 24.6. The molecule has 1 aliphatic heterocycles. The third-order valence-electron chi connectivity index (χ3n) is 6.38. The highest BCUT2D eigenvalue weighted by molar-refractivity contribution is 5.91. The van der Waals surface area contributed by atoms with Gasteiger partial charge in [-0.3, -0.25) is 14.9 Å². The minimum atomic E-state index is -0.508. The lowest BCUT2D eigenvalue weighted by molar-refractivity contribution is -0.385. The predicted octanol–water partition coefficient (Wildman–Crippen LogP) is 3.27. The Morgan fingerprint density at radius 2 is 1.94 bits per heavy atom. The van der Waals surface area contributed by atoms with Crippen LogP contribution in [0.25, 0.3) is 0 Å². The van der Waals surface area contributed by atoms with E-state index < -0.39 is 11.2 Å². The molecule has 0 spiro atoms. The number of nitrogens with zero attached hydrogens (tertiary/aromatic N) is 2. The number of aromatic nitrogens is 1. The van der Waals surface area contributed by atoms with Gasteiger partial charge >= 0.3 is 0 Å². The summed E-state index contributed by atoms with van der Waals surface area (Å²) in [6.45, 7) is 1.09. The van der Waals surface area contributed by atoms with Crippen molar-refractivity contribution >= 4 is 17.4 Å². The van der Waals surface area contributed by atoms with Crippen LogP contribution in [0, 0.1) is 22.0 Å². The van der Waals surface area contributed by atoms with Gasteiger partial charge in [0, 0.05) is 25.6 Å². The highest BCUT2D eigenvalue weighted by Crippen LogP contribution is 2.40. The maximum absolute atomic E-state index is 12.8. The summed E-state index contributed by atoms with van der Waals surface area (Å²) in [6.07, 6.45) is 6.83. The quantitative estimate of drug-likeness (QED) is 0.252. The van der Waals surface area contributed by atoms with Crippen LogP contribution in [0.15, 0.2) is 54.4 Å². The number of carbonyl (C=O) groups is 1. The molecule has 186 valence electrons. The molecule has 1 fully saturated rings. The zero-order valence-corrected chi connectivity index (χ0v) is 19.4. The number of rotatable bonds is 11. The lowest BCUT2D eigenvalue weighted by Gasteiger charge is -2.37. The molecular weight excluding hydrogens is 452 g/mol. The molecular formula is C25H30N4O6. The first-order valence-electron chi connectivity index (χ1n) is 11.8. The van der Waals surface area contributed by atoms with E-state index in [9.17, 15) is 20.0 Å². The van der Waals surface area contributed by atoms with E-state index in [1.165, 1.54) is 24.8 Å². The standard InChI is InChI=1S/C25H30N4O6/c30-15-17-4-6-18(7-5-17)16-34-24-13-20(19-2-1-3-19)12-22(35-24)25(31)27-11-10-26-23-9-8-21(14-28-23)29(32)33/h4-9,12,14,19-20,24,30H,1-3,10-11,13,15-16H2,(H,26,28)(H,27,31)/t20-,24+/m0/s1. The van der Waals surface area contributed by atoms with Gasteiger partial charge in [-0.05, 0) is 47.9 Å². The lowest BCUT2D eigenvalue weighted by Crippen LogP contribution is -2.37. The van der Waals surface area contributed by atoms with Gasteiger partial charge in [-0.25, -0.2) is 4.98 Å². The van der Waals surface area contributed by atoms with Gasteiger partial charge in [0.15, 0.2) is 5.76 Å². The monoisotopic (exact) mass is 482 g/mol. The molecule has 2 aromatic rings. The zero-order valence-electron chi connectivity index (χ0n) is 19.4. The molecule has 10 nitrogen and oxygen atoms in total. The smallest absolute Gasteiger partial charge is 0.287 e. The van der Waals surface area contributed by atoms with Gasteiger partial charge < -0.3 is 25.2 Å². The van der Waals surface area contributed by atoms with Crippen LogP contribution in [-0.2, 0) is 27.5 Å². The Bertz CT molecular complexity index is 1040. The Morgan fingerprint density at radius 1 is 1.17 bits per heavy atom. The fraction of sp³-hybridized carbons (Fsp3) is 0.440. The average Bonchev–Trinajstić information content (AvgIpc) is 2.84. The van der Waals surface area contributed by atoms with E-state index in [1.54, 1.807) is 0 Å². The summed E-state index contributed by atoms with van der Waals surface area (Å²) in [5.41, 5.74) is 1.73. The van der Waals surface area contributed by atoms with Crippen LogP contribution in [0.4, 0.5) is 11.5 Å². The molecule has 2 atom stereocenters. The molecule has 0 radical (unpaired) electrons. The summed E-state index contributed by atoms with van der Waals surface area (Å²) < 4.78 is 11.9. The molecule has 4 rings (SSSR count). The second kappa shape index (κ2) is 11.8. The Morgan fingerprint density at radius 3 is 2.57 bits per heavy atom. The fourth-order valence-corrected chi connectivity index (χ4v) is 4.12. The van der Waals surface area contributed by atoms with Crippen LogP contribution in [-0.4, -0.2) is 40.3 Å². The molecule has 0 bridgehead atoms. The van der Waals surface area contributed by atoms with Crippen LogP contribution in [0.2, 0.25) is 0 Å². The van der Waals surface area contributed by atoms with Crippen molar-refractivity contribution in [3.8, 4) is 0 Å². The van der Waals surface area contributed by atoms with Gasteiger partial charge in [-0.15, -0.1) is 0 Å². The van der Waals surface area contributed by atoms with Crippen LogP contribution in [0.3, 0.4) is 0 Å². The number of aliphatic hydroxyl groups excluding tert-OH is 1. The largest absolute Gasteiger partial charge is 0.459 e. The first-order chi connectivity index (χ1) is 17.0. The second-order valence-electron chi connectivity index (χ2n) is 8.80. The first-order valence-corrected chi connectivity index (χ1v) is 11.8. The summed E-state index contributed by atoms with van der Waals surface area (Å²) in [4.78, 5) is 27.0. The second-order valence-corrected chi connectivity index (χ2v) is 8.80. The Kier molecular flexibility index (Phi) is 8.27. The van der Waals surface area contributed by atoms with E-state index in [2.05, 4.69) is 15.6 Å². The molecule has 2 aliphatic rings. The summed E-state index contributed by atoms with van der Waals surface area (Å²) in [7, 11) is 0. The number of benzene rings is 1. The Balaban J connectivity index is 1.28.